The molecule has 102 valence electrons. The Morgan fingerprint density at radius 1 is 1.56 bits per heavy atom. The Balaban J connectivity index is 1.60. The molecule has 0 aliphatic carbocycles. The van der Waals surface area contributed by atoms with E-state index in [1.807, 2.05) is 17.9 Å². The Morgan fingerprint density at radius 2 is 2.44 bits per heavy atom. The first-order valence-corrected chi connectivity index (χ1v) is 6.80. The first kappa shape index (κ1) is 13.5. The maximum atomic E-state index is 5.75. The SMILES string of the molecule is CCN1CCOC(CNCCc2cnn(C)c2)C1. The fraction of sp³-hybridized carbons (Fsp3) is 0.769. The maximum absolute atomic E-state index is 5.75. The van der Waals surface area contributed by atoms with Gasteiger partial charge in [0.05, 0.1) is 18.9 Å². The third-order valence-corrected chi connectivity index (χ3v) is 3.39. The van der Waals surface area contributed by atoms with Crippen molar-refractivity contribution in [2.75, 3.05) is 39.3 Å². The zero-order valence-corrected chi connectivity index (χ0v) is 11.4. The average molecular weight is 252 g/mol. The Morgan fingerprint density at radius 3 is 3.17 bits per heavy atom. The van der Waals surface area contributed by atoms with Crippen LogP contribution in [0.5, 0.6) is 0 Å². The lowest BCUT2D eigenvalue weighted by Gasteiger charge is -2.32. The van der Waals surface area contributed by atoms with E-state index in [9.17, 15) is 0 Å². The number of nitrogens with one attached hydrogen (secondary N) is 1. The molecule has 1 aromatic heterocycles. The number of hydrogen-bond donors (Lipinski definition) is 1. The minimum absolute atomic E-state index is 0.340. The van der Waals surface area contributed by atoms with E-state index in [1.54, 1.807) is 0 Å². The molecule has 5 heteroatoms. The molecule has 0 saturated carbocycles. The average Bonchev–Trinajstić information content (AvgIpc) is 2.81. The number of hydrogen-bond acceptors (Lipinski definition) is 4. The lowest BCUT2D eigenvalue weighted by atomic mass is 10.2. The van der Waals surface area contributed by atoms with Crippen molar-refractivity contribution in [2.24, 2.45) is 7.05 Å². The van der Waals surface area contributed by atoms with Gasteiger partial charge in [0.2, 0.25) is 0 Å². The van der Waals surface area contributed by atoms with E-state index in [2.05, 4.69) is 28.4 Å². The smallest absolute Gasteiger partial charge is 0.0826 e. The molecule has 0 spiro atoms. The summed E-state index contributed by atoms with van der Waals surface area (Å²) < 4.78 is 7.59. The fourth-order valence-electron chi connectivity index (χ4n) is 2.29. The minimum atomic E-state index is 0.340. The van der Waals surface area contributed by atoms with Gasteiger partial charge in [-0.2, -0.15) is 5.10 Å². The van der Waals surface area contributed by atoms with Gasteiger partial charge in [0.25, 0.3) is 0 Å². The third kappa shape index (κ3) is 4.08. The highest BCUT2D eigenvalue weighted by atomic mass is 16.5. The van der Waals surface area contributed by atoms with Gasteiger partial charge in [-0.05, 0) is 25.1 Å². The highest BCUT2D eigenvalue weighted by Crippen LogP contribution is 2.03. The van der Waals surface area contributed by atoms with E-state index in [-0.39, 0.29) is 0 Å². The predicted octanol–water partition coefficient (Wildman–Crippen LogP) is 0.273. The van der Waals surface area contributed by atoms with Crippen LogP contribution in [-0.4, -0.2) is 60.1 Å². The van der Waals surface area contributed by atoms with Crippen LogP contribution in [0.25, 0.3) is 0 Å². The summed E-state index contributed by atoms with van der Waals surface area (Å²) in [6.07, 6.45) is 5.36. The standard InChI is InChI=1S/C13H24N4O/c1-3-17-6-7-18-13(11-17)9-14-5-4-12-8-15-16(2)10-12/h8,10,13-14H,3-7,9,11H2,1-2H3. The van der Waals surface area contributed by atoms with Gasteiger partial charge in [-0.15, -0.1) is 0 Å². The molecule has 1 aliphatic heterocycles. The van der Waals surface area contributed by atoms with Crippen molar-refractivity contribution in [2.45, 2.75) is 19.4 Å². The van der Waals surface area contributed by atoms with E-state index in [0.29, 0.717) is 6.10 Å². The van der Waals surface area contributed by atoms with Gasteiger partial charge < -0.3 is 10.1 Å². The zero-order chi connectivity index (χ0) is 12.8. The molecule has 0 radical (unpaired) electrons. The van der Waals surface area contributed by atoms with Gasteiger partial charge in [-0.3, -0.25) is 9.58 Å². The van der Waals surface area contributed by atoms with Crippen LogP contribution in [0.1, 0.15) is 12.5 Å². The molecular formula is C13H24N4O. The molecule has 1 atom stereocenters. The second-order valence-corrected chi connectivity index (χ2v) is 4.86. The number of aryl methyl sites for hydroxylation is 1. The molecular weight excluding hydrogens is 228 g/mol. The highest BCUT2D eigenvalue weighted by Gasteiger charge is 2.18. The predicted molar refractivity (Wildman–Crippen MR) is 71.6 cm³/mol. The van der Waals surface area contributed by atoms with E-state index < -0.39 is 0 Å². The summed E-state index contributed by atoms with van der Waals surface area (Å²) in [5.74, 6) is 0. The summed E-state index contributed by atoms with van der Waals surface area (Å²) in [7, 11) is 1.95. The van der Waals surface area contributed by atoms with E-state index in [4.69, 9.17) is 4.74 Å². The summed E-state index contributed by atoms with van der Waals surface area (Å²) in [5.41, 5.74) is 1.28. The number of rotatable bonds is 6. The molecule has 0 aromatic carbocycles. The molecule has 1 saturated heterocycles. The quantitative estimate of drug-likeness (QED) is 0.738. The van der Waals surface area contributed by atoms with Crippen molar-refractivity contribution in [3.8, 4) is 0 Å². The van der Waals surface area contributed by atoms with Crippen LogP contribution >= 0.6 is 0 Å². The zero-order valence-electron chi connectivity index (χ0n) is 11.4. The molecule has 18 heavy (non-hydrogen) atoms. The second-order valence-electron chi connectivity index (χ2n) is 4.86. The van der Waals surface area contributed by atoms with Crippen LogP contribution < -0.4 is 5.32 Å². The van der Waals surface area contributed by atoms with Gasteiger partial charge in [0.1, 0.15) is 0 Å². The first-order valence-electron chi connectivity index (χ1n) is 6.80. The van der Waals surface area contributed by atoms with Crippen molar-refractivity contribution in [1.29, 1.82) is 0 Å². The molecule has 0 bridgehead atoms. The molecule has 1 N–H and O–H groups in total. The summed E-state index contributed by atoms with van der Waals surface area (Å²) in [4.78, 5) is 2.44. The van der Waals surface area contributed by atoms with Crippen LogP contribution in [0, 0.1) is 0 Å². The summed E-state index contributed by atoms with van der Waals surface area (Å²) in [6.45, 7) is 8.24. The van der Waals surface area contributed by atoms with Crippen molar-refractivity contribution in [3.05, 3.63) is 18.0 Å². The van der Waals surface area contributed by atoms with Crippen molar-refractivity contribution >= 4 is 0 Å². The van der Waals surface area contributed by atoms with Crippen molar-refractivity contribution in [1.82, 2.24) is 20.0 Å². The van der Waals surface area contributed by atoms with Gasteiger partial charge in [0.15, 0.2) is 0 Å². The number of morpholine rings is 1. The second kappa shape index (κ2) is 6.87. The molecule has 5 nitrogen and oxygen atoms in total. The van der Waals surface area contributed by atoms with Crippen LogP contribution in [0.4, 0.5) is 0 Å². The fourth-order valence-corrected chi connectivity index (χ4v) is 2.29. The summed E-state index contributed by atoms with van der Waals surface area (Å²) in [6, 6.07) is 0. The first-order chi connectivity index (χ1) is 8.78. The summed E-state index contributed by atoms with van der Waals surface area (Å²) in [5, 5.41) is 7.63. The number of ether oxygens (including phenoxy) is 1. The van der Waals surface area contributed by atoms with E-state index >= 15 is 0 Å². The normalized spacial score (nSPS) is 21.3. The minimum Gasteiger partial charge on any atom is -0.374 e. The topological polar surface area (TPSA) is 42.3 Å². The number of aromatic nitrogens is 2. The van der Waals surface area contributed by atoms with Crippen LogP contribution in [0.15, 0.2) is 12.4 Å². The van der Waals surface area contributed by atoms with Crippen LogP contribution in [0.3, 0.4) is 0 Å². The summed E-state index contributed by atoms with van der Waals surface area (Å²) >= 11 is 0. The van der Waals surface area contributed by atoms with Crippen molar-refractivity contribution in [3.63, 3.8) is 0 Å². The Bertz CT molecular complexity index is 353. The van der Waals surface area contributed by atoms with Crippen LogP contribution in [-0.2, 0) is 18.2 Å². The van der Waals surface area contributed by atoms with Gasteiger partial charge in [0, 0.05) is 32.9 Å². The largest absolute Gasteiger partial charge is 0.374 e. The van der Waals surface area contributed by atoms with Crippen molar-refractivity contribution < 1.29 is 4.74 Å². The highest BCUT2D eigenvalue weighted by molar-refractivity contribution is 5.03. The number of nitrogens with zero attached hydrogens (tertiary/aromatic N) is 3. The van der Waals surface area contributed by atoms with E-state index in [0.717, 1.165) is 45.8 Å². The molecule has 1 unspecified atom stereocenters. The molecule has 2 rings (SSSR count). The van der Waals surface area contributed by atoms with Gasteiger partial charge in [-0.1, -0.05) is 6.92 Å². The Kier molecular flexibility index (Phi) is 5.16. The lowest BCUT2D eigenvalue weighted by Crippen LogP contribution is -2.46. The van der Waals surface area contributed by atoms with Gasteiger partial charge in [-0.25, -0.2) is 0 Å². The molecule has 2 heterocycles. The maximum Gasteiger partial charge on any atom is 0.0826 e. The molecule has 1 aliphatic rings. The van der Waals surface area contributed by atoms with Crippen LogP contribution in [0.2, 0.25) is 0 Å². The molecule has 1 fully saturated rings. The molecule has 0 amide bonds. The monoisotopic (exact) mass is 252 g/mol. The van der Waals surface area contributed by atoms with Gasteiger partial charge >= 0.3 is 0 Å². The lowest BCUT2D eigenvalue weighted by molar-refractivity contribution is -0.0251. The number of likely N-dealkylation sites (N-methyl/N-ethyl adjacent to an activating group) is 1. The Hall–Kier alpha value is -0.910. The molecule has 1 aromatic rings. The third-order valence-electron chi connectivity index (χ3n) is 3.39. The van der Waals surface area contributed by atoms with E-state index in [1.165, 1.54) is 5.56 Å². The Labute approximate surface area is 109 Å².